The van der Waals surface area contributed by atoms with Crippen LogP contribution >= 0.6 is 11.6 Å². The van der Waals surface area contributed by atoms with Gasteiger partial charge in [0, 0.05) is 22.5 Å². The molecule has 0 amide bonds. The molecule has 1 aromatic heterocycles. The fourth-order valence-electron chi connectivity index (χ4n) is 2.22. The molecule has 26 heavy (non-hydrogen) atoms. The number of halogens is 1. The molecule has 0 aliphatic carbocycles. The summed E-state index contributed by atoms with van der Waals surface area (Å²) in [6, 6.07) is 16.8. The second-order valence-electron chi connectivity index (χ2n) is 5.49. The number of aryl methyl sites for hydroxylation is 1. The Bertz CT molecular complexity index is 895. The van der Waals surface area contributed by atoms with E-state index >= 15 is 0 Å². The number of anilines is 3. The Morgan fingerprint density at radius 3 is 2.46 bits per heavy atom. The summed E-state index contributed by atoms with van der Waals surface area (Å²) in [5.74, 6) is 1.88. The first-order valence-electron chi connectivity index (χ1n) is 7.94. The number of nitrogens with zero attached hydrogens (tertiary/aromatic N) is 3. The van der Waals surface area contributed by atoms with Crippen LogP contribution in [0.15, 0.2) is 59.7 Å². The minimum absolute atomic E-state index is 0.409. The van der Waals surface area contributed by atoms with Gasteiger partial charge < -0.3 is 10.1 Å². The molecule has 0 saturated heterocycles. The van der Waals surface area contributed by atoms with Crippen LogP contribution in [-0.4, -0.2) is 23.3 Å². The summed E-state index contributed by atoms with van der Waals surface area (Å²) >= 11 is 5.90. The number of hydrogen-bond acceptors (Lipinski definition) is 6. The van der Waals surface area contributed by atoms with Crippen molar-refractivity contribution >= 4 is 35.3 Å². The van der Waals surface area contributed by atoms with Crippen molar-refractivity contribution in [1.82, 2.24) is 9.97 Å². The van der Waals surface area contributed by atoms with E-state index in [1.165, 1.54) is 0 Å². The first-order chi connectivity index (χ1) is 12.6. The maximum Gasteiger partial charge on any atom is 0.245 e. The van der Waals surface area contributed by atoms with Gasteiger partial charge in [-0.3, -0.25) is 0 Å². The van der Waals surface area contributed by atoms with Crippen LogP contribution in [0.3, 0.4) is 0 Å². The summed E-state index contributed by atoms with van der Waals surface area (Å²) < 4.78 is 5.13. The summed E-state index contributed by atoms with van der Waals surface area (Å²) in [6.07, 6.45) is 1.69. The summed E-state index contributed by atoms with van der Waals surface area (Å²) in [4.78, 5) is 8.74. The zero-order chi connectivity index (χ0) is 18.4. The lowest BCUT2D eigenvalue weighted by Gasteiger charge is -2.08. The molecule has 3 aromatic rings. The van der Waals surface area contributed by atoms with Gasteiger partial charge in [0.2, 0.25) is 5.95 Å². The van der Waals surface area contributed by atoms with E-state index in [0.717, 1.165) is 22.7 Å². The van der Waals surface area contributed by atoms with Crippen molar-refractivity contribution in [3.8, 4) is 5.75 Å². The average Bonchev–Trinajstić information content (AvgIpc) is 2.64. The van der Waals surface area contributed by atoms with E-state index in [-0.39, 0.29) is 0 Å². The van der Waals surface area contributed by atoms with Crippen molar-refractivity contribution < 1.29 is 4.74 Å². The normalized spacial score (nSPS) is 10.7. The third-order valence-electron chi connectivity index (χ3n) is 3.46. The second kappa shape index (κ2) is 8.31. The van der Waals surface area contributed by atoms with Crippen LogP contribution in [0.5, 0.6) is 5.75 Å². The lowest BCUT2D eigenvalue weighted by molar-refractivity contribution is 0.415. The summed E-state index contributed by atoms with van der Waals surface area (Å²) in [6.45, 7) is 1.90. The summed E-state index contributed by atoms with van der Waals surface area (Å²) in [7, 11) is 1.63. The Labute approximate surface area is 156 Å². The Balaban J connectivity index is 1.68. The zero-order valence-corrected chi connectivity index (χ0v) is 15.2. The Morgan fingerprint density at radius 2 is 1.77 bits per heavy atom. The predicted octanol–water partition coefficient (Wildman–Crippen LogP) is 4.64. The Hall–Kier alpha value is -3.12. The van der Waals surface area contributed by atoms with Crippen molar-refractivity contribution in [2.24, 2.45) is 5.10 Å². The van der Waals surface area contributed by atoms with Crippen molar-refractivity contribution in [2.75, 3.05) is 17.9 Å². The van der Waals surface area contributed by atoms with Crippen LogP contribution in [-0.2, 0) is 0 Å². The molecule has 0 unspecified atom stereocenters. The molecule has 0 saturated carbocycles. The third kappa shape index (κ3) is 4.94. The first-order valence-corrected chi connectivity index (χ1v) is 8.31. The molecule has 0 aliphatic rings. The van der Waals surface area contributed by atoms with Gasteiger partial charge in [0.1, 0.15) is 11.6 Å². The van der Waals surface area contributed by atoms with E-state index in [1.807, 2.05) is 61.5 Å². The topological polar surface area (TPSA) is 71.4 Å². The molecule has 2 aromatic carbocycles. The summed E-state index contributed by atoms with van der Waals surface area (Å²) in [5, 5.41) is 8.08. The molecule has 0 spiro atoms. The largest absolute Gasteiger partial charge is 0.497 e. The molecule has 0 atom stereocenters. The third-order valence-corrected chi connectivity index (χ3v) is 3.72. The highest BCUT2D eigenvalue weighted by atomic mass is 35.5. The second-order valence-corrected chi connectivity index (χ2v) is 5.93. The smallest absolute Gasteiger partial charge is 0.245 e. The molecular formula is C19H18ClN5O. The van der Waals surface area contributed by atoms with E-state index < -0.39 is 0 Å². The maximum atomic E-state index is 5.90. The van der Waals surface area contributed by atoms with Gasteiger partial charge >= 0.3 is 0 Å². The number of methoxy groups -OCH3 is 1. The number of rotatable bonds is 6. The minimum atomic E-state index is 0.409. The van der Waals surface area contributed by atoms with Gasteiger partial charge in [-0.05, 0) is 61.0 Å². The van der Waals surface area contributed by atoms with Crippen LogP contribution < -0.4 is 15.5 Å². The molecule has 0 fully saturated rings. The Kier molecular flexibility index (Phi) is 5.66. The molecular weight excluding hydrogens is 350 g/mol. The summed E-state index contributed by atoms with van der Waals surface area (Å²) in [5.41, 5.74) is 5.50. The highest BCUT2D eigenvalue weighted by Crippen LogP contribution is 2.19. The van der Waals surface area contributed by atoms with E-state index in [2.05, 4.69) is 25.8 Å². The van der Waals surface area contributed by atoms with Crippen LogP contribution in [0.2, 0.25) is 5.02 Å². The van der Waals surface area contributed by atoms with Gasteiger partial charge in [0.05, 0.1) is 13.3 Å². The van der Waals surface area contributed by atoms with Gasteiger partial charge in [-0.15, -0.1) is 0 Å². The molecule has 0 bridgehead atoms. The maximum absolute atomic E-state index is 5.90. The van der Waals surface area contributed by atoms with Crippen molar-refractivity contribution in [3.63, 3.8) is 0 Å². The highest BCUT2D eigenvalue weighted by Gasteiger charge is 2.02. The van der Waals surface area contributed by atoms with Crippen LogP contribution in [0, 0.1) is 6.92 Å². The molecule has 3 rings (SSSR count). The number of hydrazone groups is 1. The molecule has 0 radical (unpaired) electrons. The van der Waals surface area contributed by atoms with Crippen LogP contribution in [0.4, 0.5) is 17.5 Å². The van der Waals surface area contributed by atoms with Crippen molar-refractivity contribution in [3.05, 3.63) is 70.9 Å². The number of aromatic nitrogens is 2. The van der Waals surface area contributed by atoms with E-state index in [9.17, 15) is 0 Å². The number of nitrogens with one attached hydrogen (secondary N) is 2. The van der Waals surface area contributed by atoms with Crippen LogP contribution in [0.25, 0.3) is 0 Å². The molecule has 6 nitrogen and oxygen atoms in total. The molecule has 2 N–H and O–H groups in total. The Morgan fingerprint density at radius 1 is 1.04 bits per heavy atom. The lowest BCUT2D eigenvalue weighted by Crippen LogP contribution is -2.02. The SMILES string of the molecule is COc1ccc(/C=N/Nc2nc(C)cc(Nc3ccc(Cl)cc3)n2)cc1. The number of ether oxygens (including phenoxy) is 1. The van der Waals surface area contributed by atoms with E-state index in [4.69, 9.17) is 16.3 Å². The van der Waals surface area contributed by atoms with Crippen molar-refractivity contribution in [1.29, 1.82) is 0 Å². The lowest BCUT2D eigenvalue weighted by atomic mass is 10.2. The quantitative estimate of drug-likeness (QED) is 0.490. The average molecular weight is 368 g/mol. The fraction of sp³-hybridized carbons (Fsp3) is 0.105. The number of benzene rings is 2. The van der Waals surface area contributed by atoms with Crippen molar-refractivity contribution in [2.45, 2.75) is 6.92 Å². The van der Waals surface area contributed by atoms with Gasteiger partial charge in [-0.25, -0.2) is 10.4 Å². The van der Waals surface area contributed by atoms with Crippen LogP contribution in [0.1, 0.15) is 11.3 Å². The standard InChI is InChI=1S/C19H18ClN5O/c1-13-11-18(23-16-7-5-15(20)6-8-16)24-19(22-13)25-21-12-14-3-9-17(26-2)10-4-14/h3-12H,1-2H3,(H2,22,23,24,25)/b21-12+. The fourth-order valence-corrected chi connectivity index (χ4v) is 2.34. The highest BCUT2D eigenvalue weighted by molar-refractivity contribution is 6.30. The zero-order valence-electron chi connectivity index (χ0n) is 14.4. The van der Waals surface area contributed by atoms with Gasteiger partial charge in [0.25, 0.3) is 0 Å². The first kappa shape index (κ1) is 17.7. The predicted molar refractivity (Wildman–Crippen MR) is 106 cm³/mol. The molecule has 0 aliphatic heterocycles. The number of hydrogen-bond donors (Lipinski definition) is 2. The monoisotopic (exact) mass is 367 g/mol. The van der Waals surface area contributed by atoms with E-state index in [1.54, 1.807) is 13.3 Å². The van der Waals surface area contributed by atoms with Gasteiger partial charge in [0.15, 0.2) is 0 Å². The van der Waals surface area contributed by atoms with Gasteiger partial charge in [-0.1, -0.05) is 11.6 Å². The minimum Gasteiger partial charge on any atom is -0.497 e. The molecule has 132 valence electrons. The van der Waals surface area contributed by atoms with Gasteiger partial charge in [-0.2, -0.15) is 10.1 Å². The van der Waals surface area contributed by atoms with E-state index in [0.29, 0.717) is 16.8 Å². The molecule has 7 heteroatoms. The molecule has 1 heterocycles.